The molecule has 12 aromatic rings. The minimum Gasteiger partial charge on any atom is -0.309 e. The van der Waals surface area contributed by atoms with Gasteiger partial charge in [0.2, 0.25) is 0 Å². The zero-order chi connectivity index (χ0) is 37.5. The van der Waals surface area contributed by atoms with Crippen LogP contribution in [0.25, 0.3) is 113 Å². The molecule has 6 heteroatoms. The van der Waals surface area contributed by atoms with Gasteiger partial charge in [-0.25, -0.2) is 15.0 Å². The van der Waals surface area contributed by atoms with Crippen LogP contribution in [0.5, 0.6) is 0 Å². The van der Waals surface area contributed by atoms with E-state index < -0.39 is 0 Å². The zero-order valence-corrected chi connectivity index (χ0v) is 32.1. The molecule has 0 aliphatic heterocycles. The van der Waals surface area contributed by atoms with Crippen molar-refractivity contribution in [2.45, 2.75) is 0 Å². The summed E-state index contributed by atoms with van der Waals surface area (Å²) in [5.74, 6) is 2.00. The summed E-state index contributed by atoms with van der Waals surface area (Å²) in [5, 5.41) is 7.63. The van der Waals surface area contributed by atoms with Gasteiger partial charge in [0.1, 0.15) is 0 Å². The van der Waals surface area contributed by atoms with Gasteiger partial charge in [0.05, 0.1) is 11.0 Å². The Balaban J connectivity index is 0.982. The number of thiophene rings is 2. The fourth-order valence-electron chi connectivity index (χ4n) is 8.42. The lowest BCUT2D eigenvalue weighted by Crippen LogP contribution is -1.99. The molecule has 57 heavy (non-hydrogen) atoms. The number of benzene rings is 8. The Kier molecular flexibility index (Phi) is 7.24. The third-order valence-electron chi connectivity index (χ3n) is 11.1. The first-order valence-electron chi connectivity index (χ1n) is 19.0. The molecular weight excluding hydrogens is 733 g/mol. The standard InChI is InChI=1S/C51H30N4S2/c1-3-12-31(13-4-1)49-52-50(32-14-5-2-6-15-32)54-51(53-49)34-23-26-40-39-25-22-33(28-46(39)57-47(40)29-34)36-18-11-21-45-48(36)41-30-35(24-27-44(41)56-45)55-42-19-9-7-16-37(42)38-17-8-10-20-43(38)55/h1-30H. The van der Waals surface area contributed by atoms with Gasteiger partial charge < -0.3 is 4.57 Å². The molecule has 12 rings (SSSR count). The minimum absolute atomic E-state index is 0.665. The molecule has 4 aromatic heterocycles. The van der Waals surface area contributed by atoms with Crippen molar-refractivity contribution in [1.82, 2.24) is 19.5 Å². The molecule has 0 N–H and O–H groups in total. The maximum atomic E-state index is 5.00. The van der Waals surface area contributed by atoms with Gasteiger partial charge in [-0.05, 0) is 59.7 Å². The van der Waals surface area contributed by atoms with Gasteiger partial charge in [-0.1, -0.05) is 133 Å². The third-order valence-corrected chi connectivity index (χ3v) is 13.3. The normalized spacial score (nSPS) is 11.9. The lowest BCUT2D eigenvalue weighted by Gasteiger charge is -2.09. The van der Waals surface area contributed by atoms with Crippen molar-refractivity contribution in [3.63, 3.8) is 0 Å². The highest BCUT2D eigenvalue weighted by Gasteiger charge is 2.18. The summed E-state index contributed by atoms with van der Waals surface area (Å²) >= 11 is 3.69. The van der Waals surface area contributed by atoms with Crippen LogP contribution in [0.3, 0.4) is 0 Å². The topological polar surface area (TPSA) is 43.6 Å². The molecule has 0 aliphatic rings. The van der Waals surface area contributed by atoms with Crippen LogP contribution in [0, 0.1) is 0 Å². The van der Waals surface area contributed by atoms with Gasteiger partial charge in [0.25, 0.3) is 0 Å². The van der Waals surface area contributed by atoms with E-state index >= 15 is 0 Å². The average molecular weight is 763 g/mol. The summed E-state index contributed by atoms with van der Waals surface area (Å²) < 4.78 is 7.47. The lowest BCUT2D eigenvalue weighted by molar-refractivity contribution is 1.07. The number of nitrogens with zero attached hydrogens (tertiary/aromatic N) is 4. The van der Waals surface area contributed by atoms with E-state index in [0.29, 0.717) is 17.5 Å². The minimum atomic E-state index is 0.665. The van der Waals surface area contributed by atoms with Gasteiger partial charge in [0.15, 0.2) is 17.5 Å². The zero-order valence-electron chi connectivity index (χ0n) is 30.4. The Bertz CT molecular complexity index is 3410. The number of hydrogen-bond donors (Lipinski definition) is 0. The molecule has 0 atom stereocenters. The van der Waals surface area contributed by atoms with Gasteiger partial charge in [-0.2, -0.15) is 0 Å². The second kappa shape index (κ2) is 12.8. The molecule has 0 saturated heterocycles. The second-order valence-electron chi connectivity index (χ2n) is 14.4. The second-order valence-corrected chi connectivity index (χ2v) is 16.6. The highest BCUT2D eigenvalue weighted by molar-refractivity contribution is 7.26. The summed E-state index contributed by atoms with van der Waals surface area (Å²) in [7, 11) is 0. The first-order chi connectivity index (χ1) is 28.2. The lowest BCUT2D eigenvalue weighted by atomic mass is 9.98. The molecule has 4 nitrogen and oxygen atoms in total. The molecule has 0 bridgehead atoms. The molecule has 0 aliphatic carbocycles. The van der Waals surface area contributed by atoms with Crippen molar-refractivity contribution in [1.29, 1.82) is 0 Å². The van der Waals surface area contributed by atoms with Gasteiger partial charge in [-0.3, -0.25) is 0 Å². The van der Waals surface area contributed by atoms with E-state index in [1.54, 1.807) is 0 Å². The maximum absolute atomic E-state index is 5.00. The number of rotatable bonds is 5. The van der Waals surface area contributed by atoms with E-state index in [9.17, 15) is 0 Å². The van der Waals surface area contributed by atoms with Crippen LogP contribution in [-0.4, -0.2) is 19.5 Å². The molecule has 0 radical (unpaired) electrons. The number of fused-ring (bicyclic) bond motifs is 9. The van der Waals surface area contributed by atoms with Crippen LogP contribution in [0.2, 0.25) is 0 Å². The molecule has 0 unspecified atom stereocenters. The number of hydrogen-bond acceptors (Lipinski definition) is 5. The highest BCUT2D eigenvalue weighted by atomic mass is 32.1. The first kappa shape index (κ1) is 32.3. The third kappa shape index (κ3) is 5.22. The van der Waals surface area contributed by atoms with Gasteiger partial charge in [-0.15, -0.1) is 22.7 Å². The van der Waals surface area contributed by atoms with Gasteiger partial charge in [0, 0.05) is 73.5 Å². The van der Waals surface area contributed by atoms with E-state index in [1.165, 1.54) is 79.0 Å². The summed E-state index contributed by atoms with van der Waals surface area (Å²) in [6.07, 6.45) is 0. The van der Waals surface area contributed by atoms with E-state index in [1.807, 2.05) is 83.3 Å². The Labute approximate surface area is 335 Å². The molecular formula is C51H30N4S2. The Morgan fingerprint density at radius 2 is 0.877 bits per heavy atom. The van der Waals surface area contributed by atoms with Crippen molar-refractivity contribution in [3.8, 4) is 51.0 Å². The van der Waals surface area contributed by atoms with E-state index in [4.69, 9.17) is 15.0 Å². The first-order valence-corrected chi connectivity index (χ1v) is 20.6. The molecule has 0 saturated carbocycles. The van der Waals surface area contributed by atoms with Crippen LogP contribution in [0.1, 0.15) is 0 Å². The molecule has 8 aromatic carbocycles. The monoisotopic (exact) mass is 762 g/mol. The maximum Gasteiger partial charge on any atom is 0.164 e. The molecule has 4 heterocycles. The van der Waals surface area contributed by atoms with Crippen molar-refractivity contribution >= 4 is 84.8 Å². The van der Waals surface area contributed by atoms with E-state index in [0.717, 1.165) is 16.7 Å². The Morgan fingerprint density at radius 3 is 1.53 bits per heavy atom. The summed E-state index contributed by atoms with van der Waals surface area (Å²) in [5.41, 5.74) is 8.99. The number of aromatic nitrogens is 4. The van der Waals surface area contributed by atoms with Crippen molar-refractivity contribution in [3.05, 3.63) is 182 Å². The highest BCUT2D eigenvalue weighted by Crippen LogP contribution is 2.44. The summed E-state index contributed by atoms with van der Waals surface area (Å²) in [6, 6.07) is 65.0. The fourth-order valence-corrected chi connectivity index (χ4v) is 10.7. The van der Waals surface area contributed by atoms with Crippen molar-refractivity contribution < 1.29 is 0 Å². The Morgan fingerprint density at radius 1 is 0.333 bits per heavy atom. The number of para-hydroxylation sites is 2. The molecule has 266 valence electrons. The molecule has 0 spiro atoms. The predicted octanol–water partition coefficient (Wildman–Crippen LogP) is 14.4. The van der Waals surface area contributed by atoms with Crippen LogP contribution < -0.4 is 0 Å². The molecule has 0 fully saturated rings. The average Bonchev–Trinajstić information content (AvgIpc) is 3.95. The van der Waals surface area contributed by atoms with Crippen LogP contribution in [0.4, 0.5) is 0 Å². The largest absolute Gasteiger partial charge is 0.309 e. The van der Waals surface area contributed by atoms with Crippen molar-refractivity contribution in [2.75, 3.05) is 0 Å². The smallest absolute Gasteiger partial charge is 0.164 e. The van der Waals surface area contributed by atoms with E-state index in [-0.39, 0.29) is 0 Å². The Hall–Kier alpha value is -6.99. The van der Waals surface area contributed by atoms with Crippen molar-refractivity contribution in [2.24, 2.45) is 0 Å². The predicted molar refractivity (Wildman–Crippen MR) is 242 cm³/mol. The van der Waals surface area contributed by atoms with Crippen LogP contribution in [0.15, 0.2) is 182 Å². The van der Waals surface area contributed by atoms with Crippen LogP contribution >= 0.6 is 22.7 Å². The summed E-state index contributed by atoms with van der Waals surface area (Å²) in [6.45, 7) is 0. The summed E-state index contributed by atoms with van der Waals surface area (Å²) in [4.78, 5) is 14.9. The van der Waals surface area contributed by atoms with Crippen LogP contribution in [-0.2, 0) is 0 Å². The van der Waals surface area contributed by atoms with Gasteiger partial charge >= 0.3 is 0 Å². The fraction of sp³-hybridized carbons (Fsp3) is 0. The SMILES string of the molecule is c1ccc(-c2nc(-c3ccccc3)nc(-c3ccc4c(c3)sc3cc(-c5cccc6sc7ccc(-n8c9ccccc9c9ccccc98)cc7c56)ccc34)n2)cc1. The molecule has 0 amide bonds. The van der Waals surface area contributed by atoms with E-state index in [2.05, 4.69) is 126 Å². The quantitative estimate of drug-likeness (QED) is 0.175.